The molecule has 0 aliphatic carbocycles. The molecule has 0 radical (unpaired) electrons. The summed E-state index contributed by atoms with van der Waals surface area (Å²) in [6.45, 7) is 11.0. The number of methoxy groups -OCH3 is 1. The normalized spacial score (nSPS) is 12.5. The number of hydrogen-bond donors (Lipinski definition) is 3. The fraction of sp³-hybridized carbons (Fsp3) is 0.571. The summed E-state index contributed by atoms with van der Waals surface area (Å²) in [7, 11) is 1.26. The Morgan fingerprint density at radius 2 is 1.37 bits per heavy atom. The van der Waals surface area contributed by atoms with Gasteiger partial charge < -0.3 is 19.5 Å². The minimum absolute atomic E-state index is 0.246. The molecule has 1 rings (SSSR count). The molecule has 0 fully saturated rings. The maximum absolute atomic E-state index is 12.0. The van der Waals surface area contributed by atoms with Crippen LogP contribution in [-0.2, 0) is 32.0 Å². The van der Waals surface area contributed by atoms with Gasteiger partial charge in [0.1, 0.15) is 17.2 Å². The van der Waals surface area contributed by atoms with E-state index in [2.05, 4.69) is 16.2 Å². The van der Waals surface area contributed by atoms with E-state index >= 15 is 0 Å². The van der Waals surface area contributed by atoms with Crippen molar-refractivity contribution in [3.63, 3.8) is 0 Å². The second-order valence-corrected chi connectivity index (χ2v) is 8.72. The fourth-order valence-electron chi connectivity index (χ4n) is 2.34. The molecule has 2 amide bonds. The third kappa shape index (κ3) is 10.7. The van der Waals surface area contributed by atoms with Crippen molar-refractivity contribution in [2.45, 2.75) is 71.8 Å². The van der Waals surface area contributed by atoms with Gasteiger partial charge in [-0.15, -0.1) is 0 Å². The van der Waals surface area contributed by atoms with Crippen molar-refractivity contribution in [1.82, 2.24) is 16.2 Å². The Hall–Kier alpha value is -2.81. The quantitative estimate of drug-likeness (QED) is 0.351. The number of esters is 1. The SMILES string of the molecule is COC(=O)C(Cc1ccc(CNNC(=O)OC(C)(C)C)cc1)NC(=O)OC(C)(C)C. The highest BCUT2D eigenvalue weighted by atomic mass is 16.6. The molecule has 1 unspecified atom stereocenters. The number of rotatable bonds is 7. The molecule has 30 heavy (non-hydrogen) atoms. The van der Waals surface area contributed by atoms with Crippen LogP contribution >= 0.6 is 0 Å². The zero-order chi connectivity index (χ0) is 22.9. The molecule has 0 saturated heterocycles. The molecular formula is C21H33N3O6. The van der Waals surface area contributed by atoms with Gasteiger partial charge in [0.05, 0.1) is 7.11 Å². The molecule has 0 saturated carbocycles. The summed E-state index contributed by atoms with van der Waals surface area (Å²) in [4.78, 5) is 35.6. The molecule has 0 aliphatic heterocycles. The molecule has 1 atom stereocenters. The number of hydrogen-bond acceptors (Lipinski definition) is 7. The van der Waals surface area contributed by atoms with Gasteiger partial charge in [-0.25, -0.2) is 19.8 Å². The average molecular weight is 424 g/mol. The molecule has 9 heteroatoms. The van der Waals surface area contributed by atoms with Crippen LogP contribution in [0.1, 0.15) is 52.7 Å². The first-order chi connectivity index (χ1) is 13.8. The van der Waals surface area contributed by atoms with Gasteiger partial charge >= 0.3 is 18.2 Å². The molecule has 1 aromatic rings. The van der Waals surface area contributed by atoms with Crippen molar-refractivity contribution in [3.8, 4) is 0 Å². The Bertz CT molecular complexity index is 720. The smallest absolute Gasteiger partial charge is 0.422 e. The number of amides is 2. The Morgan fingerprint density at radius 3 is 1.87 bits per heavy atom. The van der Waals surface area contributed by atoms with Crippen molar-refractivity contribution in [2.75, 3.05) is 7.11 Å². The van der Waals surface area contributed by atoms with E-state index in [4.69, 9.17) is 14.2 Å². The molecule has 168 valence electrons. The van der Waals surface area contributed by atoms with Crippen LogP contribution in [-0.4, -0.2) is 42.5 Å². The summed E-state index contributed by atoms with van der Waals surface area (Å²) in [5.74, 6) is -0.562. The second-order valence-electron chi connectivity index (χ2n) is 8.72. The summed E-state index contributed by atoms with van der Waals surface area (Å²) in [5.41, 5.74) is 5.74. The Balaban J connectivity index is 2.61. The first kappa shape index (κ1) is 25.2. The third-order valence-electron chi connectivity index (χ3n) is 3.52. The fourth-order valence-corrected chi connectivity index (χ4v) is 2.34. The van der Waals surface area contributed by atoms with Gasteiger partial charge in [0.2, 0.25) is 0 Å². The van der Waals surface area contributed by atoms with Crippen LogP contribution in [0.15, 0.2) is 24.3 Å². The van der Waals surface area contributed by atoms with Crippen molar-refractivity contribution < 1.29 is 28.6 Å². The Kier molecular flexibility index (Phi) is 9.10. The van der Waals surface area contributed by atoms with E-state index in [1.807, 2.05) is 24.3 Å². The van der Waals surface area contributed by atoms with Crippen LogP contribution in [0, 0.1) is 0 Å². The van der Waals surface area contributed by atoms with Crippen molar-refractivity contribution in [1.29, 1.82) is 0 Å². The lowest BCUT2D eigenvalue weighted by Crippen LogP contribution is -2.45. The van der Waals surface area contributed by atoms with Gasteiger partial charge in [0, 0.05) is 13.0 Å². The van der Waals surface area contributed by atoms with Gasteiger partial charge in [0.25, 0.3) is 0 Å². The van der Waals surface area contributed by atoms with E-state index in [9.17, 15) is 14.4 Å². The number of benzene rings is 1. The number of carbonyl (C=O) groups excluding carboxylic acids is 3. The topological polar surface area (TPSA) is 115 Å². The van der Waals surface area contributed by atoms with Crippen LogP contribution in [0.3, 0.4) is 0 Å². The number of alkyl carbamates (subject to hydrolysis) is 1. The van der Waals surface area contributed by atoms with Gasteiger partial charge in [-0.2, -0.15) is 0 Å². The zero-order valence-corrected chi connectivity index (χ0v) is 18.8. The van der Waals surface area contributed by atoms with Crippen LogP contribution < -0.4 is 16.2 Å². The highest BCUT2D eigenvalue weighted by Crippen LogP contribution is 2.11. The standard InChI is InChI=1S/C21H33N3O6/c1-20(2,3)29-18(26)23-16(17(25)28-7)12-14-8-10-15(11-9-14)13-22-24-19(27)30-21(4,5)6/h8-11,16,22H,12-13H2,1-7H3,(H,23,26)(H,24,27). The first-order valence-electron chi connectivity index (χ1n) is 9.66. The molecule has 0 spiro atoms. The lowest BCUT2D eigenvalue weighted by atomic mass is 10.0. The number of nitrogens with one attached hydrogen (secondary N) is 3. The monoisotopic (exact) mass is 423 g/mol. The van der Waals surface area contributed by atoms with Gasteiger partial charge in [-0.3, -0.25) is 5.43 Å². The largest absolute Gasteiger partial charge is 0.467 e. The molecule has 1 aromatic carbocycles. The first-order valence-corrected chi connectivity index (χ1v) is 9.66. The van der Waals surface area contributed by atoms with E-state index in [-0.39, 0.29) is 6.42 Å². The molecule has 0 aliphatic rings. The summed E-state index contributed by atoms with van der Waals surface area (Å²) in [6, 6.07) is 6.48. The summed E-state index contributed by atoms with van der Waals surface area (Å²) < 4.78 is 15.1. The van der Waals surface area contributed by atoms with Crippen LogP contribution in [0.5, 0.6) is 0 Å². The molecule has 0 aromatic heterocycles. The summed E-state index contributed by atoms with van der Waals surface area (Å²) in [5, 5.41) is 2.54. The summed E-state index contributed by atoms with van der Waals surface area (Å²) >= 11 is 0. The van der Waals surface area contributed by atoms with E-state index < -0.39 is 35.4 Å². The van der Waals surface area contributed by atoms with Gasteiger partial charge in [0.15, 0.2) is 0 Å². The van der Waals surface area contributed by atoms with Crippen LogP contribution in [0.25, 0.3) is 0 Å². The Labute approximate surface area is 177 Å². The number of hydrazine groups is 1. The van der Waals surface area contributed by atoms with E-state index in [1.54, 1.807) is 41.5 Å². The molecule has 0 bridgehead atoms. The van der Waals surface area contributed by atoms with Gasteiger partial charge in [-0.1, -0.05) is 24.3 Å². The highest BCUT2D eigenvalue weighted by molar-refractivity contribution is 5.81. The predicted molar refractivity (Wildman–Crippen MR) is 112 cm³/mol. The molecular weight excluding hydrogens is 390 g/mol. The number of carbonyl (C=O) groups is 3. The molecule has 3 N–H and O–H groups in total. The van der Waals surface area contributed by atoms with Gasteiger partial charge in [-0.05, 0) is 52.7 Å². The van der Waals surface area contributed by atoms with E-state index in [0.29, 0.717) is 6.54 Å². The lowest BCUT2D eigenvalue weighted by Gasteiger charge is -2.22. The molecule has 9 nitrogen and oxygen atoms in total. The lowest BCUT2D eigenvalue weighted by molar-refractivity contribution is -0.143. The third-order valence-corrected chi connectivity index (χ3v) is 3.52. The maximum atomic E-state index is 12.0. The highest BCUT2D eigenvalue weighted by Gasteiger charge is 2.25. The van der Waals surface area contributed by atoms with E-state index in [0.717, 1.165) is 11.1 Å². The maximum Gasteiger partial charge on any atom is 0.422 e. The summed E-state index contributed by atoms with van der Waals surface area (Å²) in [6.07, 6.45) is -1.00. The number of ether oxygens (including phenoxy) is 3. The predicted octanol–water partition coefficient (Wildman–Crippen LogP) is 2.82. The van der Waals surface area contributed by atoms with E-state index in [1.165, 1.54) is 7.11 Å². The van der Waals surface area contributed by atoms with Crippen LogP contribution in [0.2, 0.25) is 0 Å². The zero-order valence-electron chi connectivity index (χ0n) is 18.8. The van der Waals surface area contributed by atoms with Crippen molar-refractivity contribution in [2.24, 2.45) is 0 Å². The van der Waals surface area contributed by atoms with Crippen molar-refractivity contribution in [3.05, 3.63) is 35.4 Å². The van der Waals surface area contributed by atoms with Crippen LogP contribution in [0.4, 0.5) is 9.59 Å². The van der Waals surface area contributed by atoms with Crippen molar-refractivity contribution >= 4 is 18.2 Å². The minimum Gasteiger partial charge on any atom is -0.467 e. The second kappa shape index (κ2) is 10.8. The molecule has 0 heterocycles. The minimum atomic E-state index is -0.873. The Morgan fingerprint density at radius 1 is 0.867 bits per heavy atom. The average Bonchev–Trinajstić information content (AvgIpc) is 2.58.